The first-order valence-electron chi connectivity index (χ1n) is 6.80. The third-order valence-electron chi connectivity index (χ3n) is 3.94. The maximum absolute atomic E-state index is 13.7. The zero-order valence-corrected chi connectivity index (χ0v) is 12.0. The molecule has 0 amide bonds. The number of rotatable bonds is 1. The number of hydrogen-bond acceptors (Lipinski definition) is 1. The van der Waals surface area contributed by atoms with E-state index in [1.54, 1.807) is 6.07 Å². The minimum Gasteiger partial charge on any atom is -0.372 e. The predicted molar refractivity (Wildman–Crippen MR) is 82.8 cm³/mol. The van der Waals surface area contributed by atoms with Gasteiger partial charge in [0.15, 0.2) is 0 Å². The van der Waals surface area contributed by atoms with Crippen molar-refractivity contribution in [2.24, 2.45) is 0 Å². The number of fused-ring (bicyclic) bond motifs is 2. The van der Waals surface area contributed by atoms with Crippen molar-refractivity contribution in [3.05, 3.63) is 70.5 Å². The second kappa shape index (κ2) is 4.83. The molecule has 3 aromatic rings. The molecule has 0 fully saturated rings. The summed E-state index contributed by atoms with van der Waals surface area (Å²) >= 11 is 5.98. The molecule has 3 heteroatoms. The van der Waals surface area contributed by atoms with Crippen LogP contribution in [0.2, 0.25) is 5.02 Å². The molecule has 0 bridgehead atoms. The number of hydrogen-bond donors (Lipinski definition) is 0. The third-order valence-corrected chi connectivity index (χ3v) is 4.19. The molecule has 1 nitrogen and oxygen atoms in total. The van der Waals surface area contributed by atoms with E-state index in [2.05, 4.69) is 6.07 Å². The maximum atomic E-state index is 13.7. The van der Waals surface area contributed by atoms with Gasteiger partial charge in [-0.05, 0) is 63.4 Å². The number of ether oxygens (including phenoxy) is 1. The van der Waals surface area contributed by atoms with Crippen LogP contribution in [0.25, 0.3) is 21.9 Å². The van der Waals surface area contributed by atoms with Crippen LogP contribution in [-0.4, -0.2) is 0 Å². The molecule has 4 rings (SSSR count). The highest BCUT2D eigenvalue weighted by molar-refractivity contribution is 6.30. The molecule has 0 saturated carbocycles. The van der Waals surface area contributed by atoms with Crippen LogP contribution in [-0.2, 0) is 18.0 Å². The first-order chi connectivity index (χ1) is 10.2. The van der Waals surface area contributed by atoms with Gasteiger partial charge in [0.05, 0.1) is 13.2 Å². The Morgan fingerprint density at radius 3 is 2.57 bits per heavy atom. The molecule has 0 unspecified atom stereocenters. The quantitative estimate of drug-likeness (QED) is 0.590. The fourth-order valence-electron chi connectivity index (χ4n) is 2.97. The summed E-state index contributed by atoms with van der Waals surface area (Å²) in [6.45, 7) is 1.18. The van der Waals surface area contributed by atoms with Gasteiger partial charge in [0.25, 0.3) is 0 Å². The van der Waals surface area contributed by atoms with Crippen LogP contribution in [0.3, 0.4) is 0 Å². The molecular formula is C18H12ClFO. The van der Waals surface area contributed by atoms with Gasteiger partial charge in [-0.3, -0.25) is 0 Å². The molecule has 1 heterocycles. The van der Waals surface area contributed by atoms with E-state index in [1.165, 1.54) is 11.6 Å². The van der Waals surface area contributed by atoms with E-state index in [1.807, 2.05) is 30.3 Å². The van der Waals surface area contributed by atoms with Crippen molar-refractivity contribution in [3.8, 4) is 11.1 Å². The summed E-state index contributed by atoms with van der Waals surface area (Å²) in [7, 11) is 0. The van der Waals surface area contributed by atoms with Crippen molar-refractivity contribution >= 4 is 22.4 Å². The van der Waals surface area contributed by atoms with Gasteiger partial charge in [-0.15, -0.1) is 0 Å². The minimum absolute atomic E-state index is 0.225. The summed E-state index contributed by atoms with van der Waals surface area (Å²) < 4.78 is 19.3. The third kappa shape index (κ3) is 2.11. The highest BCUT2D eigenvalue weighted by Crippen LogP contribution is 2.38. The first-order valence-corrected chi connectivity index (χ1v) is 7.18. The Morgan fingerprint density at radius 1 is 0.952 bits per heavy atom. The van der Waals surface area contributed by atoms with Crippen molar-refractivity contribution in [3.63, 3.8) is 0 Å². The van der Waals surface area contributed by atoms with Gasteiger partial charge in [-0.25, -0.2) is 4.39 Å². The molecular weight excluding hydrogens is 287 g/mol. The molecule has 1 aliphatic heterocycles. The lowest BCUT2D eigenvalue weighted by Crippen LogP contribution is -1.92. The minimum atomic E-state index is -0.225. The Hall–Kier alpha value is -1.90. The largest absolute Gasteiger partial charge is 0.372 e. The molecule has 0 N–H and O–H groups in total. The molecule has 3 aromatic carbocycles. The van der Waals surface area contributed by atoms with Gasteiger partial charge >= 0.3 is 0 Å². The maximum Gasteiger partial charge on any atom is 0.123 e. The Bertz CT molecular complexity index is 840. The van der Waals surface area contributed by atoms with Crippen molar-refractivity contribution in [1.82, 2.24) is 0 Å². The van der Waals surface area contributed by atoms with Crippen molar-refractivity contribution < 1.29 is 9.13 Å². The standard InChI is InChI=1S/C18H12ClFO/c19-14-4-1-11(2-5-14)18-16-8-15(20)6-3-12(16)7-13-9-21-10-17(13)18/h1-8H,9-10H2. The Morgan fingerprint density at radius 2 is 1.76 bits per heavy atom. The summed E-state index contributed by atoms with van der Waals surface area (Å²) in [5.74, 6) is -0.225. The monoisotopic (exact) mass is 298 g/mol. The highest BCUT2D eigenvalue weighted by Gasteiger charge is 2.19. The fraction of sp³-hybridized carbons (Fsp3) is 0.111. The molecule has 0 aromatic heterocycles. The molecule has 0 spiro atoms. The van der Waals surface area contributed by atoms with Gasteiger partial charge in [0.1, 0.15) is 5.82 Å². The van der Waals surface area contributed by atoms with Gasteiger partial charge < -0.3 is 4.74 Å². The zero-order valence-electron chi connectivity index (χ0n) is 11.2. The number of benzene rings is 3. The van der Waals surface area contributed by atoms with Crippen LogP contribution < -0.4 is 0 Å². The van der Waals surface area contributed by atoms with E-state index in [0.29, 0.717) is 18.2 Å². The second-order valence-corrected chi connectivity index (χ2v) is 5.69. The van der Waals surface area contributed by atoms with E-state index in [0.717, 1.165) is 27.5 Å². The van der Waals surface area contributed by atoms with Crippen LogP contribution in [0, 0.1) is 5.82 Å². The molecule has 0 aliphatic carbocycles. The lowest BCUT2D eigenvalue weighted by atomic mass is 9.91. The van der Waals surface area contributed by atoms with Gasteiger partial charge in [0, 0.05) is 5.02 Å². The van der Waals surface area contributed by atoms with E-state index >= 15 is 0 Å². The lowest BCUT2D eigenvalue weighted by molar-refractivity contribution is 0.134. The predicted octanol–water partition coefficient (Wildman–Crippen LogP) is 5.33. The van der Waals surface area contributed by atoms with Crippen molar-refractivity contribution in [2.45, 2.75) is 13.2 Å². The van der Waals surface area contributed by atoms with Gasteiger partial charge in [-0.1, -0.05) is 29.8 Å². The summed E-state index contributed by atoms with van der Waals surface area (Å²) in [6, 6.07) is 14.7. The zero-order chi connectivity index (χ0) is 14.4. The Balaban J connectivity index is 2.09. The highest BCUT2D eigenvalue weighted by atomic mass is 35.5. The Kier molecular flexibility index (Phi) is 2.95. The average molecular weight is 299 g/mol. The number of halogens is 2. The van der Waals surface area contributed by atoms with E-state index in [9.17, 15) is 4.39 Å². The molecule has 1 aliphatic rings. The van der Waals surface area contributed by atoms with Crippen LogP contribution >= 0.6 is 11.6 Å². The molecule has 21 heavy (non-hydrogen) atoms. The summed E-state index contributed by atoms with van der Waals surface area (Å²) in [6.07, 6.45) is 0. The van der Waals surface area contributed by atoms with E-state index in [-0.39, 0.29) is 5.82 Å². The second-order valence-electron chi connectivity index (χ2n) is 5.25. The van der Waals surface area contributed by atoms with Crippen LogP contribution in [0.4, 0.5) is 4.39 Å². The molecule has 0 radical (unpaired) electrons. The Labute approximate surface area is 126 Å². The van der Waals surface area contributed by atoms with Crippen LogP contribution in [0.1, 0.15) is 11.1 Å². The lowest BCUT2D eigenvalue weighted by Gasteiger charge is -2.13. The van der Waals surface area contributed by atoms with E-state index in [4.69, 9.17) is 16.3 Å². The summed E-state index contributed by atoms with van der Waals surface area (Å²) in [5.41, 5.74) is 4.42. The molecule has 0 atom stereocenters. The smallest absolute Gasteiger partial charge is 0.123 e. The molecule has 0 saturated heterocycles. The SMILES string of the molecule is Fc1ccc2cc3c(c(-c4ccc(Cl)cc4)c2c1)COC3. The van der Waals surface area contributed by atoms with Crippen molar-refractivity contribution in [1.29, 1.82) is 0 Å². The first kappa shape index (κ1) is 12.8. The summed E-state index contributed by atoms with van der Waals surface area (Å²) in [5, 5.41) is 2.64. The average Bonchev–Trinajstić information content (AvgIpc) is 2.94. The molecule has 104 valence electrons. The van der Waals surface area contributed by atoms with Gasteiger partial charge in [-0.2, -0.15) is 0 Å². The normalized spacial score (nSPS) is 13.6. The van der Waals surface area contributed by atoms with Gasteiger partial charge in [0.2, 0.25) is 0 Å². The summed E-state index contributed by atoms with van der Waals surface area (Å²) in [4.78, 5) is 0. The van der Waals surface area contributed by atoms with Crippen LogP contribution in [0.5, 0.6) is 0 Å². The van der Waals surface area contributed by atoms with Crippen molar-refractivity contribution in [2.75, 3.05) is 0 Å². The topological polar surface area (TPSA) is 9.23 Å². The van der Waals surface area contributed by atoms with Crippen LogP contribution in [0.15, 0.2) is 48.5 Å². The van der Waals surface area contributed by atoms with E-state index < -0.39 is 0 Å². The fourth-order valence-corrected chi connectivity index (χ4v) is 3.10.